The maximum Gasteiger partial charge on any atom is 0.221 e. The number of nitrogens with one attached hydrogen (secondary N) is 2. The lowest BCUT2D eigenvalue weighted by atomic mass is 10.1. The molecule has 0 aliphatic carbocycles. The quantitative estimate of drug-likeness (QED) is 0.724. The van der Waals surface area contributed by atoms with Crippen molar-refractivity contribution in [2.24, 2.45) is 5.73 Å². The smallest absolute Gasteiger partial charge is 0.221 e. The summed E-state index contributed by atoms with van der Waals surface area (Å²) in [4.78, 5) is 11.0. The summed E-state index contributed by atoms with van der Waals surface area (Å²) in [5.41, 5.74) is 8.18. The number of amides is 1. The summed E-state index contributed by atoms with van der Waals surface area (Å²) in [6.45, 7) is 13.2. The van der Waals surface area contributed by atoms with Crippen molar-refractivity contribution < 1.29 is 4.79 Å². The summed E-state index contributed by atoms with van der Waals surface area (Å²) in [5, 5.41) is 6.00. The number of carbonyl (C=O) groups excluding carboxylic acids is 1. The zero-order chi connectivity index (χ0) is 15.7. The molecule has 1 aromatic carbocycles. The van der Waals surface area contributed by atoms with E-state index in [0.29, 0.717) is 5.70 Å². The normalized spacial score (nSPS) is 10.7. The van der Waals surface area contributed by atoms with Crippen LogP contribution in [0.4, 0.5) is 5.69 Å². The molecule has 1 atom stereocenters. The maximum absolute atomic E-state index is 11.0. The Balaban J connectivity index is 0.00000172. The number of rotatable bonds is 5. The number of carbonyl (C=O) groups is 1. The fraction of sp³-hybridized carbons (Fsp3) is 0.312. The summed E-state index contributed by atoms with van der Waals surface area (Å²) in [6, 6.07) is 7.87. The van der Waals surface area contributed by atoms with Crippen molar-refractivity contribution in [3.63, 3.8) is 0 Å². The zero-order valence-electron chi connectivity index (χ0n) is 12.8. The molecule has 0 fully saturated rings. The van der Waals surface area contributed by atoms with Crippen molar-refractivity contribution >= 4 is 11.6 Å². The average Bonchev–Trinajstić information content (AvgIpc) is 2.39. The third-order valence-corrected chi connectivity index (χ3v) is 2.54. The van der Waals surface area contributed by atoms with Crippen LogP contribution in [0.25, 0.3) is 0 Å². The fourth-order valence-corrected chi connectivity index (χ4v) is 1.62. The molecule has 1 amide bonds. The Morgan fingerprint density at radius 3 is 2.05 bits per heavy atom. The molecule has 4 N–H and O–H groups in total. The molecule has 1 rings (SSSR count). The van der Waals surface area contributed by atoms with Gasteiger partial charge in [-0.1, -0.05) is 36.4 Å². The first-order valence-electron chi connectivity index (χ1n) is 6.43. The van der Waals surface area contributed by atoms with Crippen LogP contribution in [0.2, 0.25) is 0 Å². The predicted octanol–water partition coefficient (Wildman–Crippen LogP) is 2.58. The molecule has 0 heterocycles. The van der Waals surface area contributed by atoms with Crippen LogP contribution in [0.3, 0.4) is 0 Å². The molecule has 0 aromatic heterocycles. The van der Waals surface area contributed by atoms with Crippen molar-refractivity contribution in [3.05, 3.63) is 54.3 Å². The van der Waals surface area contributed by atoms with Gasteiger partial charge in [0.25, 0.3) is 0 Å². The Hall–Kier alpha value is -2.07. The van der Waals surface area contributed by atoms with Crippen molar-refractivity contribution in [2.75, 3.05) is 12.4 Å². The van der Waals surface area contributed by atoms with Crippen LogP contribution in [0.15, 0.2) is 48.7 Å². The number of aryl methyl sites for hydroxylation is 1. The highest BCUT2D eigenvalue weighted by Gasteiger charge is 2.14. The molecule has 4 heteroatoms. The van der Waals surface area contributed by atoms with Gasteiger partial charge in [-0.3, -0.25) is 4.79 Å². The highest BCUT2D eigenvalue weighted by Crippen LogP contribution is 2.16. The highest BCUT2D eigenvalue weighted by molar-refractivity contribution is 5.75. The first-order chi connectivity index (χ1) is 9.40. The summed E-state index contributed by atoms with van der Waals surface area (Å²) < 4.78 is 0. The molecular formula is C16H25N3O. The van der Waals surface area contributed by atoms with E-state index in [0.717, 1.165) is 11.3 Å². The van der Waals surface area contributed by atoms with Crippen LogP contribution >= 0.6 is 0 Å². The lowest BCUT2D eigenvalue weighted by Crippen LogP contribution is -2.33. The number of benzene rings is 1. The first-order valence-corrected chi connectivity index (χ1v) is 6.43. The van der Waals surface area contributed by atoms with Crippen LogP contribution < -0.4 is 16.4 Å². The van der Waals surface area contributed by atoms with Gasteiger partial charge in [-0.15, -0.1) is 0 Å². The maximum atomic E-state index is 11.0. The Morgan fingerprint density at radius 1 is 1.15 bits per heavy atom. The minimum Gasteiger partial charge on any atom is -0.373 e. The second-order valence-electron chi connectivity index (χ2n) is 4.50. The van der Waals surface area contributed by atoms with Crippen molar-refractivity contribution in [2.45, 2.75) is 26.8 Å². The molecule has 1 unspecified atom stereocenters. The Bertz CT molecular complexity index is 463. The van der Waals surface area contributed by atoms with E-state index in [-0.39, 0.29) is 11.9 Å². The number of hydrogen-bond acceptors (Lipinski definition) is 3. The van der Waals surface area contributed by atoms with E-state index in [1.54, 1.807) is 0 Å². The minimum atomic E-state index is -0.170. The van der Waals surface area contributed by atoms with Crippen molar-refractivity contribution in [1.82, 2.24) is 5.32 Å². The van der Waals surface area contributed by atoms with Gasteiger partial charge in [0.15, 0.2) is 0 Å². The Labute approximate surface area is 121 Å². The number of nitrogens with two attached hydrogens (primary N) is 1. The van der Waals surface area contributed by atoms with Crippen LogP contribution in [-0.2, 0) is 4.79 Å². The van der Waals surface area contributed by atoms with Crippen LogP contribution in [0.5, 0.6) is 0 Å². The van der Waals surface area contributed by atoms with E-state index in [2.05, 4.69) is 29.5 Å². The third-order valence-electron chi connectivity index (χ3n) is 2.54. The Morgan fingerprint density at radius 2 is 1.65 bits per heavy atom. The van der Waals surface area contributed by atoms with Gasteiger partial charge in [-0.2, -0.15) is 0 Å². The summed E-state index contributed by atoms with van der Waals surface area (Å²) >= 11 is 0. The number of anilines is 1. The SMILES string of the molecule is C=C(C)C(Nc1ccc(C)cc1)C(=C)NC(C)=O.CN. The van der Waals surface area contributed by atoms with E-state index < -0.39 is 0 Å². The van der Waals surface area contributed by atoms with Gasteiger partial charge in [-0.05, 0) is 33.0 Å². The van der Waals surface area contributed by atoms with Gasteiger partial charge in [0.05, 0.1) is 6.04 Å². The van der Waals surface area contributed by atoms with Gasteiger partial charge in [0, 0.05) is 18.3 Å². The molecule has 20 heavy (non-hydrogen) atoms. The van der Waals surface area contributed by atoms with E-state index in [1.165, 1.54) is 19.5 Å². The third kappa shape index (κ3) is 6.20. The monoisotopic (exact) mass is 275 g/mol. The molecule has 0 saturated carbocycles. The molecule has 0 saturated heterocycles. The van der Waals surface area contributed by atoms with Crippen LogP contribution in [0, 0.1) is 6.92 Å². The van der Waals surface area contributed by atoms with Gasteiger partial charge in [0.2, 0.25) is 5.91 Å². The standard InChI is InChI=1S/C15H20N2O.CH5N/c1-10(2)15(12(4)16-13(5)18)17-14-8-6-11(3)7-9-14;1-2/h6-9,15,17H,1,4H2,2-3,5H3,(H,16,18);2H2,1H3. The highest BCUT2D eigenvalue weighted by atomic mass is 16.1. The van der Waals surface area contributed by atoms with Crippen molar-refractivity contribution in [3.8, 4) is 0 Å². The molecule has 0 aliphatic heterocycles. The van der Waals surface area contributed by atoms with E-state index in [9.17, 15) is 4.79 Å². The summed E-state index contributed by atoms with van der Waals surface area (Å²) in [5.74, 6) is -0.128. The van der Waals surface area contributed by atoms with Crippen molar-refractivity contribution in [1.29, 1.82) is 0 Å². The predicted molar refractivity (Wildman–Crippen MR) is 86.5 cm³/mol. The van der Waals surface area contributed by atoms with Gasteiger partial charge >= 0.3 is 0 Å². The van der Waals surface area contributed by atoms with Gasteiger partial charge < -0.3 is 16.4 Å². The molecule has 0 bridgehead atoms. The molecule has 0 aliphatic rings. The van der Waals surface area contributed by atoms with E-state index in [4.69, 9.17) is 0 Å². The largest absolute Gasteiger partial charge is 0.373 e. The molecule has 4 nitrogen and oxygen atoms in total. The average molecular weight is 275 g/mol. The zero-order valence-corrected chi connectivity index (χ0v) is 12.8. The number of hydrogen-bond donors (Lipinski definition) is 3. The second-order valence-corrected chi connectivity index (χ2v) is 4.50. The van der Waals surface area contributed by atoms with Crippen LogP contribution in [-0.4, -0.2) is 19.0 Å². The molecular weight excluding hydrogens is 250 g/mol. The van der Waals surface area contributed by atoms with E-state index in [1.807, 2.05) is 38.1 Å². The Kier molecular flexibility index (Phi) is 8.01. The molecule has 110 valence electrons. The van der Waals surface area contributed by atoms with Gasteiger partial charge in [0.1, 0.15) is 0 Å². The first kappa shape index (κ1) is 17.9. The van der Waals surface area contributed by atoms with Crippen LogP contribution in [0.1, 0.15) is 19.4 Å². The fourth-order valence-electron chi connectivity index (χ4n) is 1.62. The second kappa shape index (κ2) is 8.93. The minimum absolute atomic E-state index is 0.128. The lowest BCUT2D eigenvalue weighted by molar-refractivity contribution is -0.118. The van der Waals surface area contributed by atoms with E-state index >= 15 is 0 Å². The summed E-state index contributed by atoms with van der Waals surface area (Å²) in [6.07, 6.45) is 0. The topological polar surface area (TPSA) is 67.1 Å². The molecule has 0 spiro atoms. The lowest BCUT2D eigenvalue weighted by Gasteiger charge is -2.22. The van der Waals surface area contributed by atoms with Gasteiger partial charge in [-0.25, -0.2) is 0 Å². The molecule has 1 aromatic rings. The summed E-state index contributed by atoms with van der Waals surface area (Å²) in [7, 11) is 1.50. The molecule has 0 radical (unpaired) electrons.